The standard InChI is InChI=1S/C25H21ClN2O6/c1-31-20-9-17(26)8-16(23(20)32-11-13-2-5-18-19(6-13)34-12-33-18)10-27-28-24(29)21-14-3-4-15(7-14)22(21)25(28)30/h2-6,8-10,14-15,21-22H,7,11-12H2,1H3. The number of methoxy groups -OCH3 is 1. The Kier molecular flexibility index (Phi) is 4.99. The van der Waals surface area contributed by atoms with Gasteiger partial charge in [-0.25, -0.2) is 0 Å². The fraction of sp³-hybridized carbons (Fsp3) is 0.320. The molecule has 4 aliphatic rings. The first-order valence-corrected chi connectivity index (χ1v) is 11.4. The van der Waals surface area contributed by atoms with Gasteiger partial charge in [-0.15, -0.1) is 0 Å². The van der Waals surface area contributed by atoms with Crippen LogP contribution < -0.4 is 18.9 Å². The van der Waals surface area contributed by atoms with Crippen LogP contribution in [0.3, 0.4) is 0 Å². The highest BCUT2D eigenvalue weighted by Gasteiger charge is 2.59. The van der Waals surface area contributed by atoms with E-state index in [4.69, 9.17) is 30.5 Å². The lowest BCUT2D eigenvalue weighted by molar-refractivity contribution is -0.140. The number of hydrogen-bond acceptors (Lipinski definition) is 7. The molecule has 1 saturated carbocycles. The van der Waals surface area contributed by atoms with E-state index >= 15 is 0 Å². The number of nitrogens with zero attached hydrogens (tertiary/aromatic N) is 2. The lowest BCUT2D eigenvalue weighted by atomic mass is 9.85. The Morgan fingerprint density at radius 1 is 1.09 bits per heavy atom. The summed E-state index contributed by atoms with van der Waals surface area (Å²) in [6, 6.07) is 8.84. The maximum absolute atomic E-state index is 12.9. The Bertz CT molecular complexity index is 1230. The van der Waals surface area contributed by atoms with Gasteiger partial charge in [-0.1, -0.05) is 29.8 Å². The average Bonchev–Trinajstić information content (AvgIpc) is 3.61. The quantitative estimate of drug-likeness (QED) is 0.355. The number of halogens is 1. The minimum absolute atomic E-state index is 0.124. The normalized spacial score (nSPS) is 26.1. The molecule has 2 heterocycles. The van der Waals surface area contributed by atoms with Crippen LogP contribution in [0, 0.1) is 23.7 Å². The molecular formula is C25H21ClN2O6. The number of hydrazone groups is 1. The van der Waals surface area contributed by atoms with Crippen LogP contribution in [0.1, 0.15) is 17.5 Å². The minimum atomic E-state index is -0.310. The number of carbonyl (C=O) groups is 2. The molecule has 2 aliphatic carbocycles. The van der Waals surface area contributed by atoms with Gasteiger partial charge in [0.15, 0.2) is 23.0 Å². The van der Waals surface area contributed by atoms with E-state index in [0.29, 0.717) is 33.6 Å². The van der Waals surface area contributed by atoms with E-state index in [1.807, 2.05) is 30.4 Å². The molecule has 4 atom stereocenters. The highest BCUT2D eigenvalue weighted by molar-refractivity contribution is 6.31. The van der Waals surface area contributed by atoms with E-state index in [-0.39, 0.29) is 48.9 Å². The number of ether oxygens (including phenoxy) is 4. The van der Waals surface area contributed by atoms with Crippen molar-refractivity contribution in [3.63, 3.8) is 0 Å². The van der Waals surface area contributed by atoms with Gasteiger partial charge in [0.05, 0.1) is 25.2 Å². The number of fused-ring (bicyclic) bond motifs is 6. The van der Waals surface area contributed by atoms with Crippen molar-refractivity contribution in [2.45, 2.75) is 13.0 Å². The lowest BCUT2D eigenvalue weighted by Gasteiger charge is -2.15. The Labute approximate surface area is 200 Å². The summed E-state index contributed by atoms with van der Waals surface area (Å²) in [4.78, 5) is 25.9. The number of imide groups is 1. The van der Waals surface area contributed by atoms with Crippen LogP contribution in [0.5, 0.6) is 23.0 Å². The number of amides is 2. The molecule has 1 saturated heterocycles. The Hall–Kier alpha value is -3.52. The van der Waals surface area contributed by atoms with E-state index in [1.165, 1.54) is 13.3 Å². The van der Waals surface area contributed by atoms with Crippen LogP contribution in [0.4, 0.5) is 0 Å². The van der Waals surface area contributed by atoms with E-state index in [2.05, 4.69) is 5.10 Å². The van der Waals surface area contributed by atoms with Gasteiger partial charge in [0.25, 0.3) is 11.8 Å². The molecule has 4 unspecified atom stereocenters. The lowest BCUT2D eigenvalue weighted by Crippen LogP contribution is -2.28. The monoisotopic (exact) mass is 480 g/mol. The number of carbonyl (C=O) groups excluding carboxylic acids is 2. The zero-order chi connectivity index (χ0) is 23.4. The van der Waals surface area contributed by atoms with Gasteiger partial charge in [-0.05, 0) is 42.0 Å². The number of benzene rings is 2. The summed E-state index contributed by atoms with van der Waals surface area (Å²) in [5.41, 5.74) is 1.36. The van der Waals surface area contributed by atoms with Gasteiger partial charge < -0.3 is 18.9 Å². The largest absolute Gasteiger partial charge is 0.493 e. The molecule has 2 amide bonds. The van der Waals surface area contributed by atoms with Crippen LogP contribution in [0.15, 0.2) is 47.6 Å². The van der Waals surface area contributed by atoms with Crippen molar-refractivity contribution in [3.8, 4) is 23.0 Å². The first-order valence-electron chi connectivity index (χ1n) is 11.0. The predicted molar refractivity (Wildman–Crippen MR) is 122 cm³/mol. The zero-order valence-electron chi connectivity index (χ0n) is 18.3. The van der Waals surface area contributed by atoms with Crippen LogP contribution in [0.25, 0.3) is 0 Å². The fourth-order valence-corrected chi connectivity index (χ4v) is 5.51. The molecule has 2 aliphatic heterocycles. The molecular weight excluding hydrogens is 460 g/mol. The molecule has 2 bridgehead atoms. The smallest absolute Gasteiger partial charge is 0.254 e. The van der Waals surface area contributed by atoms with Crippen molar-refractivity contribution in [3.05, 3.63) is 58.6 Å². The second-order valence-corrected chi connectivity index (χ2v) is 9.17. The van der Waals surface area contributed by atoms with Crippen LogP contribution in [-0.4, -0.2) is 36.9 Å². The molecule has 0 aromatic heterocycles. The SMILES string of the molecule is COc1cc(Cl)cc(C=NN2C(=O)C3C4C=CC(C4)C3C2=O)c1OCc1ccc2c(c1)OCO2. The van der Waals surface area contributed by atoms with E-state index in [9.17, 15) is 9.59 Å². The molecule has 0 N–H and O–H groups in total. The maximum atomic E-state index is 12.9. The average molecular weight is 481 g/mol. The topological polar surface area (TPSA) is 86.7 Å². The molecule has 2 aromatic rings. The molecule has 8 nitrogen and oxygen atoms in total. The third-order valence-electron chi connectivity index (χ3n) is 6.85. The zero-order valence-corrected chi connectivity index (χ0v) is 19.0. The number of allylic oxidation sites excluding steroid dienone is 2. The number of rotatable bonds is 6. The molecule has 6 rings (SSSR count). The Morgan fingerprint density at radius 3 is 2.56 bits per heavy atom. The van der Waals surface area contributed by atoms with Gasteiger partial charge >= 0.3 is 0 Å². The summed E-state index contributed by atoms with van der Waals surface area (Å²) in [6.07, 6.45) is 6.39. The highest BCUT2D eigenvalue weighted by atomic mass is 35.5. The van der Waals surface area contributed by atoms with Crippen LogP contribution >= 0.6 is 11.6 Å². The molecule has 9 heteroatoms. The van der Waals surface area contributed by atoms with Crippen molar-refractivity contribution in [1.29, 1.82) is 0 Å². The molecule has 0 spiro atoms. The Morgan fingerprint density at radius 2 is 1.82 bits per heavy atom. The fourth-order valence-electron chi connectivity index (χ4n) is 5.30. The molecule has 174 valence electrons. The second-order valence-electron chi connectivity index (χ2n) is 8.74. The van der Waals surface area contributed by atoms with Gasteiger partial charge in [0.2, 0.25) is 6.79 Å². The minimum Gasteiger partial charge on any atom is -0.493 e. The summed E-state index contributed by atoms with van der Waals surface area (Å²) in [7, 11) is 1.51. The molecule has 2 aromatic carbocycles. The summed E-state index contributed by atoms with van der Waals surface area (Å²) in [5.74, 6) is 1.28. The van der Waals surface area contributed by atoms with Crippen molar-refractivity contribution in [1.82, 2.24) is 5.01 Å². The first-order chi connectivity index (χ1) is 16.5. The van der Waals surface area contributed by atoms with Crippen LogP contribution in [-0.2, 0) is 16.2 Å². The molecule has 34 heavy (non-hydrogen) atoms. The summed E-state index contributed by atoms with van der Waals surface area (Å²) >= 11 is 6.28. The van der Waals surface area contributed by atoms with Gasteiger partial charge in [-0.2, -0.15) is 10.1 Å². The molecule has 2 fully saturated rings. The summed E-state index contributed by atoms with van der Waals surface area (Å²) in [6.45, 7) is 0.411. The second kappa shape index (κ2) is 8.06. The van der Waals surface area contributed by atoms with Crippen molar-refractivity contribution < 1.29 is 28.5 Å². The maximum Gasteiger partial charge on any atom is 0.254 e. The first kappa shape index (κ1) is 21.0. The van der Waals surface area contributed by atoms with Crippen LogP contribution in [0.2, 0.25) is 5.02 Å². The predicted octanol–water partition coefficient (Wildman–Crippen LogP) is 3.80. The van der Waals surface area contributed by atoms with Crippen molar-refractivity contribution >= 4 is 29.6 Å². The Balaban J connectivity index is 1.26. The van der Waals surface area contributed by atoms with E-state index < -0.39 is 0 Å². The van der Waals surface area contributed by atoms with E-state index in [1.54, 1.807) is 12.1 Å². The van der Waals surface area contributed by atoms with Crippen molar-refractivity contribution in [2.24, 2.45) is 28.8 Å². The van der Waals surface area contributed by atoms with Gasteiger partial charge in [0.1, 0.15) is 6.61 Å². The highest BCUT2D eigenvalue weighted by Crippen LogP contribution is 2.52. The third kappa shape index (κ3) is 3.32. The molecule has 0 radical (unpaired) electrons. The van der Waals surface area contributed by atoms with E-state index in [0.717, 1.165) is 17.0 Å². The van der Waals surface area contributed by atoms with Gasteiger partial charge in [0, 0.05) is 16.7 Å². The summed E-state index contributed by atoms with van der Waals surface area (Å²) < 4.78 is 22.3. The van der Waals surface area contributed by atoms with Gasteiger partial charge in [-0.3, -0.25) is 9.59 Å². The van der Waals surface area contributed by atoms with Crippen molar-refractivity contribution in [2.75, 3.05) is 13.9 Å². The summed E-state index contributed by atoms with van der Waals surface area (Å²) in [5, 5.41) is 5.67. The number of hydrogen-bond donors (Lipinski definition) is 0. The third-order valence-corrected chi connectivity index (χ3v) is 7.07.